The molecule has 0 radical (unpaired) electrons. The molecule has 100 valence electrons. The van der Waals surface area contributed by atoms with Crippen molar-refractivity contribution in [2.75, 3.05) is 6.54 Å². The topological polar surface area (TPSA) is 42.0 Å². The minimum atomic E-state index is -0.0554. The number of aromatic nitrogens is 1. The van der Waals surface area contributed by atoms with Crippen LogP contribution in [0.25, 0.3) is 0 Å². The summed E-state index contributed by atoms with van der Waals surface area (Å²) in [5.41, 5.74) is 2.83. The van der Waals surface area contributed by atoms with Crippen molar-refractivity contribution >= 4 is 33.2 Å². The van der Waals surface area contributed by atoms with Gasteiger partial charge >= 0.3 is 0 Å². The van der Waals surface area contributed by atoms with Gasteiger partial charge in [-0.3, -0.25) is 4.79 Å². The predicted octanol–water partition coefficient (Wildman–Crippen LogP) is 3.49. The number of nitrogens with one attached hydrogen (secondary N) is 1. The molecular formula is C14H15BrN2OS. The van der Waals surface area contributed by atoms with E-state index >= 15 is 0 Å². The van der Waals surface area contributed by atoms with Gasteiger partial charge in [0, 0.05) is 28.5 Å². The molecule has 0 spiro atoms. The van der Waals surface area contributed by atoms with Crippen LogP contribution in [-0.4, -0.2) is 17.4 Å². The number of thiazole rings is 1. The molecule has 0 aliphatic rings. The van der Waals surface area contributed by atoms with Crippen molar-refractivity contribution in [3.05, 3.63) is 49.9 Å². The van der Waals surface area contributed by atoms with Crippen LogP contribution in [0.4, 0.5) is 0 Å². The van der Waals surface area contributed by atoms with Gasteiger partial charge in [-0.25, -0.2) is 4.98 Å². The molecule has 1 aromatic heterocycles. The number of carbonyl (C=O) groups excluding carboxylic acids is 1. The van der Waals surface area contributed by atoms with Crippen molar-refractivity contribution in [3.8, 4) is 0 Å². The molecule has 1 N–H and O–H groups in total. The number of carbonyl (C=O) groups is 1. The minimum absolute atomic E-state index is 0.0554. The summed E-state index contributed by atoms with van der Waals surface area (Å²) in [4.78, 5) is 16.4. The molecule has 0 saturated carbocycles. The number of hydrogen-bond donors (Lipinski definition) is 1. The van der Waals surface area contributed by atoms with E-state index in [4.69, 9.17) is 0 Å². The molecule has 0 bridgehead atoms. The zero-order valence-corrected chi connectivity index (χ0v) is 13.3. The summed E-state index contributed by atoms with van der Waals surface area (Å²) in [5.74, 6) is -0.0554. The third kappa shape index (κ3) is 3.88. The van der Waals surface area contributed by atoms with Gasteiger partial charge in [0.05, 0.1) is 10.6 Å². The standard InChI is InChI=1S/C14H15BrN2OS/c1-9-3-4-11(12(15)7-9)14(18)16-6-5-13-17-10(2)8-19-13/h3-4,7-8H,5-6H2,1-2H3,(H,16,18). The van der Waals surface area contributed by atoms with E-state index in [-0.39, 0.29) is 5.91 Å². The van der Waals surface area contributed by atoms with Crippen LogP contribution in [0, 0.1) is 13.8 Å². The lowest BCUT2D eigenvalue weighted by Gasteiger charge is -2.06. The van der Waals surface area contributed by atoms with Gasteiger partial charge in [0.25, 0.3) is 5.91 Å². The van der Waals surface area contributed by atoms with Gasteiger partial charge in [0.15, 0.2) is 0 Å². The Morgan fingerprint density at radius 2 is 2.21 bits per heavy atom. The van der Waals surface area contributed by atoms with E-state index in [2.05, 4.69) is 26.2 Å². The largest absolute Gasteiger partial charge is 0.352 e. The summed E-state index contributed by atoms with van der Waals surface area (Å²) in [7, 11) is 0. The molecule has 2 rings (SSSR count). The summed E-state index contributed by atoms with van der Waals surface area (Å²) < 4.78 is 0.829. The van der Waals surface area contributed by atoms with E-state index in [0.29, 0.717) is 12.1 Å². The third-order valence-electron chi connectivity index (χ3n) is 2.66. The van der Waals surface area contributed by atoms with Crippen molar-refractivity contribution in [2.45, 2.75) is 20.3 Å². The van der Waals surface area contributed by atoms with Crippen LogP contribution >= 0.6 is 27.3 Å². The van der Waals surface area contributed by atoms with Crippen LogP contribution in [0.1, 0.15) is 26.6 Å². The van der Waals surface area contributed by atoms with E-state index in [0.717, 1.165) is 27.2 Å². The Balaban J connectivity index is 1.90. The lowest BCUT2D eigenvalue weighted by molar-refractivity contribution is 0.0953. The first-order valence-electron chi connectivity index (χ1n) is 6.01. The van der Waals surface area contributed by atoms with Crippen LogP contribution in [0.2, 0.25) is 0 Å². The molecule has 0 aliphatic heterocycles. The molecule has 2 aromatic rings. The monoisotopic (exact) mass is 338 g/mol. The second-order valence-electron chi connectivity index (χ2n) is 4.37. The number of rotatable bonds is 4. The summed E-state index contributed by atoms with van der Waals surface area (Å²) in [5, 5.41) is 5.99. The first kappa shape index (κ1) is 14.2. The molecule has 0 atom stereocenters. The van der Waals surface area contributed by atoms with E-state index in [1.165, 1.54) is 0 Å². The number of hydrogen-bond acceptors (Lipinski definition) is 3. The summed E-state index contributed by atoms with van der Waals surface area (Å²) in [6.45, 7) is 4.57. The smallest absolute Gasteiger partial charge is 0.252 e. The first-order chi connectivity index (χ1) is 9.06. The maximum Gasteiger partial charge on any atom is 0.252 e. The molecular weight excluding hydrogens is 324 g/mol. The number of halogens is 1. The molecule has 3 nitrogen and oxygen atoms in total. The molecule has 0 fully saturated rings. The zero-order chi connectivity index (χ0) is 13.8. The molecule has 19 heavy (non-hydrogen) atoms. The maximum absolute atomic E-state index is 12.0. The molecule has 0 aliphatic carbocycles. The maximum atomic E-state index is 12.0. The number of benzene rings is 1. The average Bonchev–Trinajstić information content (AvgIpc) is 2.75. The van der Waals surface area contributed by atoms with E-state index in [1.54, 1.807) is 11.3 Å². The quantitative estimate of drug-likeness (QED) is 0.926. The van der Waals surface area contributed by atoms with Crippen molar-refractivity contribution in [1.29, 1.82) is 0 Å². The van der Waals surface area contributed by atoms with Gasteiger partial charge in [-0.15, -0.1) is 11.3 Å². The van der Waals surface area contributed by atoms with Gasteiger partial charge in [-0.1, -0.05) is 6.07 Å². The summed E-state index contributed by atoms with van der Waals surface area (Å²) >= 11 is 5.05. The Labute approximate surface area is 125 Å². The number of amides is 1. The number of aryl methyl sites for hydroxylation is 2. The Bertz CT molecular complexity index is 595. The number of nitrogens with zero attached hydrogens (tertiary/aromatic N) is 1. The fraction of sp³-hybridized carbons (Fsp3) is 0.286. The van der Waals surface area contributed by atoms with Crippen molar-refractivity contribution in [3.63, 3.8) is 0 Å². The predicted molar refractivity (Wildman–Crippen MR) is 81.8 cm³/mol. The van der Waals surface area contributed by atoms with Crippen LogP contribution in [0.15, 0.2) is 28.1 Å². The van der Waals surface area contributed by atoms with Crippen molar-refractivity contribution < 1.29 is 4.79 Å². The molecule has 0 unspecified atom stereocenters. The van der Waals surface area contributed by atoms with Crippen LogP contribution in [0.3, 0.4) is 0 Å². The molecule has 5 heteroatoms. The molecule has 1 amide bonds. The normalized spacial score (nSPS) is 10.5. The fourth-order valence-corrected chi connectivity index (χ4v) is 3.15. The van der Waals surface area contributed by atoms with Gasteiger partial charge < -0.3 is 5.32 Å². The van der Waals surface area contributed by atoms with Gasteiger partial charge in [0.1, 0.15) is 0 Å². The SMILES string of the molecule is Cc1ccc(C(=O)NCCc2nc(C)cs2)c(Br)c1. The minimum Gasteiger partial charge on any atom is -0.352 e. The van der Waals surface area contributed by atoms with Crippen molar-refractivity contribution in [2.24, 2.45) is 0 Å². The average molecular weight is 339 g/mol. The van der Waals surface area contributed by atoms with Crippen LogP contribution in [-0.2, 0) is 6.42 Å². The van der Waals surface area contributed by atoms with E-state index < -0.39 is 0 Å². The highest BCUT2D eigenvalue weighted by atomic mass is 79.9. The Morgan fingerprint density at radius 1 is 1.42 bits per heavy atom. The van der Waals surface area contributed by atoms with Crippen LogP contribution in [0.5, 0.6) is 0 Å². The second-order valence-corrected chi connectivity index (χ2v) is 6.17. The highest BCUT2D eigenvalue weighted by molar-refractivity contribution is 9.10. The van der Waals surface area contributed by atoms with Gasteiger partial charge in [-0.05, 0) is 47.5 Å². The van der Waals surface area contributed by atoms with E-state index in [1.807, 2.05) is 37.4 Å². The molecule has 1 heterocycles. The third-order valence-corrected chi connectivity index (χ3v) is 4.34. The summed E-state index contributed by atoms with van der Waals surface area (Å²) in [6, 6.07) is 5.71. The van der Waals surface area contributed by atoms with E-state index in [9.17, 15) is 4.79 Å². The molecule has 0 saturated heterocycles. The summed E-state index contributed by atoms with van der Waals surface area (Å²) in [6.07, 6.45) is 0.772. The van der Waals surface area contributed by atoms with Gasteiger partial charge in [0.2, 0.25) is 0 Å². The first-order valence-corrected chi connectivity index (χ1v) is 7.69. The fourth-order valence-electron chi connectivity index (χ4n) is 1.70. The lowest BCUT2D eigenvalue weighted by atomic mass is 10.1. The van der Waals surface area contributed by atoms with Crippen LogP contribution < -0.4 is 5.32 Å². The lowest BCUT2D eigenvalue weighted by Crippen LogP contribution is -2.26. The Morgan fingerprint density at radius 3 is 2.84 bits per heavy atom. The zero-order valence-electron chi connectivity index (χ0n) is 10.9. The molecule has 1 aromatic carbocycles. The second kappa shape index (κ2) is 6.30. The Hall–Kier alpha value is -1.20. The van der Waals surface area contributed by atoms with Crippen molar-refractivity contribution in [1.82, 2.24) is 10.3 Å². The highest BCUT2D eigenvalue weighted by Crippen LogP contribution is 2.18. The highest BCUT2D eigenvalue weighted by Gasteiger charge is 2.09. The Kier molecular flexibility index (Phi) is 4.71. The van der Waals surface area contributed by atoms with Gasteiger partial charge in [-0.2, -0.15) is 0 Å².